The predicted molar refractivity (Wildman–Crippen MR) is 79.4 cm³/mol. The largest absolute Gasteiger partial charge is 0.462 e. The zero-order valence-corrected chi connectivity index (χ0v) is 12.5. The Morgan fingerprint density at radius 1 is 1.33 bits per heavy atom. The molecule has 0 aromatic carbocycles. The lowest BCUT2D eigenvalue weighted by atomic mass is 10.1. The van der Waals surface area contributed by atoms with Gasteiger partial charge in [-0.1, -0.05) is 6.92 Å². The number of aryl methyl sites for hydroxylation is 1. The molecule has 0 aliphatic carbocycles. The summed E-state index contributed by atoms with van der Waals surface area (Å²) in [7, 11) is 0. The topological polar surface area (TPSA) is 105 Å². The highest BCUT2D eigenvalue weighted by atomic mass is 16.5. The number of nitrogens with zero attached hydrogens (tertiary/aromatic N) is 4. The number of fused-ring (bicyclic) bond motifs is 1. The van der Waals surface area contributed by atoms with Gasteiger partial charge in [0.25, 0.3) is 0 Å². The molecular formula is C13H18N6O2. The summed E-state index contributed by atoms with van der Waals surface area (Å²) in [5, 5.41) is 14.7. The molecule has 112 valence electrons. The summed E-state index contributed by atoms with van der Waals surface area (Å²) >= 11 is 0. The van der Waals surface area contributed by atoms with Crippen molar-refractivity contribution in [2.45, 2.75) is 34.1 Å². The first kappa shape index (κ1) is 14.9. The van der Waals surface area contributed by atoms with Gasteiger partial charge in [0.15, 0.2) is 11.3 Å². The van der Waals surface area contributed by atoms with Crippen molar-refractivity contribution < 1.29 is 9.53 Å². The van der Waals surface area contributed by atoms with Gasteiger partial charge in [-0.2, -0.15) is 20.5 Å². The van der Waals surface area contributed by atoms with E-state index in [4.69, 9.17) is 4.74 Å². The van der Waals surface area contributed by atoms with Crippen LogP contribution in [0.25, 0.3) is 11.0 Å². The Balaban J connectivity index is 2.47. The third-order valence-corrected chi connectivity index (χ3v) is 2.68. The van der Waals surface area contributed by atoms with E-state index in [0.717, 1.165) is 12.1 Å². The molecule has 0 bridgehead atoms. The zero-order valence-electron chi connectivity index (χ0n) is 12.5. The Morgan fingerprint density at radius 2 is 2.05 bits per heavy atom. The fourth-order valence-corrected chi connectivity index (χ4v) is 1.77. The molecule has 0 unspecified atom stereocenters. The van der Waals surface area contributed by atoms with Crippen molar-refractivity contribution in [3.63, 3.8) is 0 Å². The Hall–Kier alpha value is -2.51. The highest BCUT2D eigenvalue weighted by molar-refractivity contribution is 6.05. The van der Waals surface area contributed by atoms with Gasteiger partial charge in [0, 0.05) is 5.71 Å². The van der Waals surface area contributed by atoms with Crippen LogP contribution < -0.4 is 5.43 Å². The molecule has 0 radical (unpaired) electrons. The summed E-state index contributed by atoms with van der Waals surface area (Å²) in [6.45, 7) is 7.73. The average molecular weight is 290 g/mol. The standard InChI is InChI=1S/C13H18N6O2/c1-5-6-21-13(20)9-8(4)14-12(18-15-7(2)3)11-10(9)16-19-17-11/h5-6H2,1-4H3,(H,14,18)(H,16,17,19). The van der Waals surface area contributed by atoms with E-state index in [9.17, 15) is 4.79 Å². The quantitative estimate of drug-likeness (QED) is 0.496. The Bertz CT molecular complexity index is 687. The van der Waals surface area contributed by atoms with Gasteiger partial charge in [0.1, 0.15) is 11.1 Å². The normalized spacial score (nSPS) is 10.5. The molecule has 0 amide bonds. The first-order valence-corrected chi connectivity index (χ1v) is 6.69. The molecule has 0 saturated heterocycles. The predicted octanol–water partition coefficient (Wildman–Crippen LogP) is 2.04. The van der Waals surface area contributed by atoms with Crippen molar-refractivity contribution in [3.05, 3.63) is 11.3 Å². The number of carbonyl (C=O) groups excluding carboxylic acids is 1. The third kappa shape index (κ3) is 3.15. The lowest BCUT2D eigenvalue weighted by molar-refractivity contribution is 0.0506. The second-order valence-electron chi connectivity index (χ2n) is 4.75. The van der Waals surface area contributed by atoms with E-state index >= 15 is 0 Å². The fourth-order valence-electron chi connectivity index (χ4n) is 1.77. The maximum Gasteiger partial charge on any atom is 0.342 e. The smallest absolute Gasteiger partial charge is 0.342 e. The van der Waals surface area contributed by atoms with Gasteiger partial charge in [-0.25, -0.2) is 9.78 Å². The number of esters is 1. The molecule has 8 heteroatoms. The lowest BCUT2D eigenvalue weighted by Gasteiger charge is -2.08. The van der Waals surface area contributed by atoms with E-state index in [-0.39, 0.29) is 0 Å². The summed E-state index contributed by atoms with van der Waals surface area (Å²) in [5.74, 6) is 0.00645. The molecule has 2 heterocycles. The van der Waals surface area contributed by atoms with Crippen molar-refractivity contribution in [1.29, 1.82) is 0 Å². The summed E-state index contributed by atoms with van der Waals surface area (Å²) in [6.07, 6.45) is 0.754. The van der Waals surface area contributed by atoms with Gasteiger partial charge in [-0.05, 0) is 27.2 Å². The summed E-state index contributed by atoms with van der Waals surface area (Å²) in [6, 6.07) is 0. The molecule has 0 fully saturated rings. The molecule has 8 nitrogen and oxygen atoms in total. The number of aromatic nitrogens is 4. The minimum absolute atomic E-state index is 0.329. The molecule has 2 rings (SSSR count). The van der Waals surface area contributed by atoms with Gasteiger partial charge >= 0.3 is 5.97 Å². The monoisotopic (exact) mass is 290 g/mol. The van der Waals surface area contributed by atoms with Crippen LogP contribution in [0.15, 0.2) is 5.10 Å². The SMILES string of the molecule is CCCOC(=O)c1c(C)nc(NN=C(C)C)c2n[nH]nc12. The highest BCUT2D eigenvalue weighted by Gasteiger charge is 2.21. The van der Waals surface area contributed by atoms with E-state index in [1.807, 2.05) is 20.8 Å². The number of hydrogen-bond acceptors (Lipinski definition) is 7. The minimum Gasteiger partial charge on any atom is -0.462 e. The van der Waals surface area contributed by atoms with E-state index in [0.29, 0.717) is 34.7 Å². The van der Waals surface area contributed by atoms with Crippen LogP contribution in [0.4, 0.5) is 5.82 Å². The number of anilines is 1. The van der Waals surface area contributed by atoms with Gasteiger partial charge < -0.3 is 4.74 Å². The van der Waals surface area contributed by atoms with Gasteiger partial charge in [-0.15, -0.1) is 0 Å². The van der Waals surface area contributed by atoms with Crippen LogP contribution in [0.1, 0.15) is 43.2 Å². The summed E-state index contributed by atoms with van der Waals surface area (Å²) < 4.78 is 5.17. The van der Waals surface area contributed by atoms with Crippen molar-refractivity contribution in [3.8, 4) is 0 Å². The number of hydrazone groups is 1. The maximum atomic E-state index is 12.1. The van der Waals surface area contributed by atoms with Crippen LogP contribution in [0.5, 0.6) is 0 Å². The van der Waals surface area contributed by atoms with E-state index in [1.54, 1.807) is 6.92 Å². The van der Waals surface area contributed by atoms with E-state index in [1.165, 1.54) is 0 Å². The van der Waals surface area contributed by atoms with E-state index in [2.05, 4.69) is 30.9 Å². The number of ether oxygens (including phenoxy) is 1. The second-order valence-corrected chi connectivity index (χ2v) is 4.75. The first-order valence-electron chi connectivity index (χ1n) is 6.69. The molecular weight excluding hydrogens is 272 g/mol. The molecule has 0 spiro atoms. The van der Waals surface area contributed by atoms with Crippen LogP contribution >= 0.6 is 0 Å². The molecule has 0 saturated carbocycles. The van der Waals surface area contributed by atoms with Crippen LogP contribution in [-0.4, -0.2) is 38.7 Å². The van der Waals surface area contributed by atoms with Gasteiger partial charge in [-0.3, -0.25) is 5.43 Å². The molecule has 2 aromatic heterocycles. The van der Waals surface area contributed by atoms with Crippen molar-refractivity contribution in [2.75, 3.05) is 12.0 Å². The minimum atomic E-state index is -0.442. The zero-order chi connectivity index (χ0) is 15.4. The van der Waals surface area contributed by atoms with Crippen molar-refractivity contribution >= 4 is 28.5 Å². The number of hydrogen-bond donors (Lipinski definition) is 2. The number of pyridine rings is 1. The first-order chi connectivity index (χ1) is 10.0. The summed E-state index contributed by atoms with van der Waals surface area (Å²) in [5.41, 5.74) is 5.40. The van der Waals surface area contributed by atoms with Crippen molar-refractivity contribution in [2.24, 2.45) is 5.10 Å². The average Bonchev–Trinajstić information content (AvgIpc) is 2.91. The second kappa shape index (κ2) is 6.29. The Labute approximate surface area is 122 Å². The number of nitrogens with one attached hydrogen (secondary N) is 2. The molecule has 0 aliphatic rings. The Morgan fingerprint density at radius 3 is 2.71 bits per heavy atom. The van der Waals surface area contributed by atoms with Crippen LogP contribution in [0.3, 0.4) is 0 Å². The Kier molecular flexibility index (Phi) is 4.46. The van der Waals surface area contributed by atoms with Crippen molar-refractivity contribution in [1.82, 2.24) is 20.4 Å². The molecule has 0 aliphatic heterocycles. The lowest BCUT2D eigenvalue weighted by Crippen LogP contribution is -2.11. The van der Waals surface area contributed by atoms with Crippen LogP contribution in [0.2, 0.25) is 0 Å². The molecule has 2 aromatic rings. The molecule has 2 N–H and O–H groups in total. The number of aromatic amines is 1. The molecule has 0 atom stereocenters. The number of H-pyrrole nitrogens is 1. The highest BCUT2D eigenvalue weighted by Crippen LogP contribution is 2.24. The summed E-state index contributed by atoms with van der Waals surface area (Å²) in [4.78, 5) is 16.5. The van der Waals surface area contributed by atoms with Crippen LogP contribution in [0, 0.1) is 6.92 Å². The van der Waals surface area contributed by atoms with Crippen LogP contribution in [-0.2, 0) is 4.74 Å². The van der Waals surface area contributed by atoms with Gasteiger partial charge in [0.2, 0.25) is 0 Å². The maximum absolute atomic E-state index is 12.1. The molecule has 21 heavy (non-hydrogen) atoms. The number of rotatable bonds is 5. The fraction of sp³-hybridized carbons (Fsp3) is 0.462. The van der Waals surface area contributed by atoms with E-state index < -0.39 is 5.97 Å². The number of carbonyl (C=O) groups is 1. The third-order valence-electron chi connectivity index (χ3n) is 2.68. The van der Waals surface area contributed by atoms with Gasteiger partial charge in [0.05, 0.1) is 12.3 Å².